The first-order chi connectivity index (χ1) is 7.58. The number of hydrogen-bond acceptors (Lipinski definition) is 2. The van der Waals surface area contributed by atoms with Gasteiger partial charge in [-0.15, -0.1) is 34.5 Å². The lowest BCUT2D eigenvalue weighted by atomic mass is 10.0. The molecule has 0 unspecified atom stereocenters. The summed E-state index contributed by atoms with van der Waals surface area (Å²) < 4.78 is 0. The first-order valence-corrected chi connectivity index (χ1v) is 7.08. The maximum absolute atomic E-state index is 11.9. The fourth-order valence-corrected chi connectivity index (χ4v) is 2.97. The first kappa shape index (κ1) is 14.1. The van der Waals surface area contributed by atoms with Crippen LogP contribution in [0.15, 0.2) is 11.4 Å². The van der Waals surface area contributed by atoms with Crippen LogP contribution in [0.25, 0.3) is 0 Å². The third-order valence-electron chi connectivity index (χ3n) is 2.39. The predicted molar refractivity (Wildman–Crippen MR) is 71.3 cm³/mol. The van der Waals surface area contributed by atoms with Gasteiger partial charge in [-0.05, 0) is 17.9 Å². The summed E-state index contributed by atoms with van der Waals surface area (Å²) in [4.78, 5) is 12.4. The molecule has 1 aromatic heterocycles. The molecule has 1 N–H and O–H groups in total. The van der Waals surface area contributed by atoms with Crippen LogP contribution in [-0.2, 0) is 0 Å². The van der Waals surface area contributed by atoms with Crippen molar-refractivity contribution in [2.45, 2.75) is 18.9 Å². The van der Waals surface area contributed by atoms with E-state index in [4.69, 9.17) is 34.8 Å². The van der Waals surface area contributed by atoms with E-state index in [1.165, 1.54) is 11.3 Å². The fraction of sp³-hybridized carbons (Fsp3) is 0.500. The zero-order valence-electron chi connectivity index (χ0n) is 8.73. The second kappa shape index (κ2) is 6.10. The molecule has 0 saturated carbocycles. The van der Waals surface area contributed by atoms with Crippen LogP contribution in [-0.4, -0.2) is 23.2 Å². The van der Waals surface area contributed by atoms with E-state index in [1.54, 1.807) is 11.4 Å². The Kier molecular flexibility index (Phi) is 5.38. The Labute approximate surface area is 114 Å². The van der Waals surface area contributed by atoms with Gasteiger partial charge in [0, 0.05) is 11.8 Å². The van der Waals surface area contributed by atoms with Gasteiger partial charge in [0.1, 0.15) is 4.88 Å². The van der Waals surface area contributed by atoms with Crippen LogP contribution in [0.1, 0.15) is 23.0 Å². The van der Waals surface area contributed by atoms with Gasteiger partial charge in [0.05, 0.1) is 10.6 Å². The lowest BCUT2D eigenvalue weighted by molar-refractivity contribution is 0.0918. The summed E-state index contributed by atoms with van der Waals surface area (Å²) in [7, 11) is 0. The Morgan fingerprint density at radius 1 is 1.50 bits per heavy atom. The lowest BCUT2D eigenvalue weighted by Crippen LogP contribution is -2.51. The van der Waals surface area contributed by atoms with Gasteiger partial charge in [0.15, 0.2) is 0 Å². The first-order valence-electron chi connectivity index (χ1n) is 4.76. The highest BCUT2D eigenvalue weighted by Crippen LogP contribution is 2.23. The zero-order valence-corrected chi connectivity index (χ0v) is 11.8. The number of amides is 1. The molecule has 0 spiro atoms. The van der Waals surface area contributed by atoms with E-state index in [0.717, 1.165) is 0 Å². The maximum atomic E-state index is 11.9. The maximum Gasteiger partial charge on any atom is 0.263 e. The third kappa shape index (κ3) is 3.04. The minimum atomic E-state index is -0.562. The minimum absolute atomic E-state index is 0.219. The Hall–Kier alpha value is 0.0400. The summed E-state index contributed by atoms with van der Waals surface area (Å²) in [5.74, 6) is 0.340. The van der Waals surface area contributed by atoms with Gasteiger partial charge in [-0.2, -0.15) is 0 Å². The van der Waals surface area contributed by atoms with E-state index < -0.39 is 5.54 Å². The van der Waals surface area contributed by atoms with Gasteiger partial charge in [0.25, 0.3) is 5.91 Å². The molecule has 0 aliphatic rings. The van der Waals surface area contributed by atoms with Crippen molar-refractivity contribution < 1.29 is 4.79 Å². The molecular weight excluding hydrogens is 289 g/mol. The molecule has 6 heteroatoms. The molecule has 90 valence electrons. The van der Waals surface area contributed by atoms with Crippen LogP contribution in [0.2, 0.25) is 5.02 Å². The number of carbonyl (C=O) groups excluding carboxylic acids is 1. The molecule has 0 radical (unpaired) electrons. The van der Waals surface area contributed by atoms with Crippen molar-refractivity contribution in [2.75, 3.05) is 11.8 Å². The van der Waals surface area contributed by atoms with Crippen molar-refractivity contribution in [3.05, 3.63) is 21.3 Å². The van der Waals surface area contributed by atoms with Gasteiger partial charge >= 0.3 is 0 Å². The zero-order chi connectivity index (χ0) is 12.2. The van der Waals surface area contributed by atoms with Crippen LogP contribution in [0, 0.1) is 0 Å². The molecule has 2 nitrogen and oxygen atoms in total. The van der Waals surface area contributed by atoms with Crippen molar-refractivity contribution in [1.29, 1.82) is 0 Å². The predicted octanol–water partition coefficient (Wildman–Crippen LogP) is 3.76. The number of hydrogen-bond donors (Lipinski definition) is 1. The van der Waals surface area contributed by atoms with Gasteiger partial charge in [0.2, 0.25) is 0 Å². The minimum Gasteiger partial charge on any atom is -0.343 e. The van der Waals surface area contributed by atoms with Crippen LogP contribution in [0.3, 0.4) is 0 Å². The Bertz CT molecular complexity index is 354. The quantitative estimate of drug-likeness (QED) is 0.824. The van der Waals surface area contributed by atoms with E-state index in [-0.39, 0.29) is 17.7 Å². The summed E-state index contributed by atoms with van der Waals surface area (Å²) in [6.07, 6.45) is 0.675. The highest BCUT2D eigenvalue weighted by molar-refractivity contribution is 7.12. The highest BCUT2D eigenvalue weighted by atomic mass is 35.5. The van der Waals surface area contributed by atoms with Crippen molar-refractivity contribution >= 4 is 52.0 Å². The molecular formula is C10H12Cl3NOS. The summed E-state index contributed by atoms with van der Waals surface area (Å²) in [5, 5.41) is 5.07. The van der Waals surface area contributed by atoms with E-state index in [9.17, 15) is 4.79 Å². The molecule has 0 atom stereocenters. The molecule has 0 saturated heterocycles. The van der Waals surface area contributed by atoms with Crippen molar-refractivity contribution in [3.8, 4) is 0 Å². The Morgan fingerprint density at radius 2 is 2.12 bits per heavy atom. The fourth-order valence-electron chi connectivity index (χ4n) is 1.13. The van der Waals surface area contributed by atoms with Crippen LogP contribution >= 0.6 is 46.1 Å². The van der Waals surface area contributed by atoms with Crippen molar-refractivity contribution in [3.63, 3.8) is 0 Å². The van der Waals surface area contributed by atoms with E-state index >= 15 is 0 Å². The average molecular weight is 301 g/mol. The highest BCUT2D eigenvalue weighted by Gasteiger charge is 2.29. The number of alkyl halides is 2. The Morgan fingerprint density at radius 3 is 2.50 bits per heavy atom. The van der Waals surface area contributed by atoms with E-state index in [1.807, 2.05) is 6.92 Å². The number of rotatable bonds is 5. The van der Waals surface area contributed by atoms with Gasteiger partial charge in [-0.1, -0.05) is 18.5 Å². The van der Waals surface area contributed by atoms with Crippen LogP contribution in [0.5, 0.6) is 0 Å². The van der Waals surface area contributed by atoms with E-state index in [0.29, 0.717) is 16.3 Å². The normalized spacial score (nSPS) is 11.5. The van der Waals surface area contributed by atoms with Crippen molar-refractivity contribution in [1.82, 2.24) is 5.32 Å². The molecule has 0 aliphatic carbocycles. The summed E-state index contributed by atoms with van der Waals surface area (Å²) in [5.41, 5.74) is -0.562. The summed E-state index contributed by atoms with van der Waals surface area (Å²) >= 11 is 18.9. The lowest BCUT2D eigenvalue weighted by Gasteiger charge is -2.29. The number of thiophene rings is 1. The van der Waals surface area contributed by atoms with Gasteiger partial charge in [-0.3, -0.25) is 4.79 Å². The summed E-state index contributed by atoms with van der Waals surface area (Å²) in [6.45, 7) is 1.93. The SMILES string of the molecule is CCC(CCl)(CCl)NC(=O)c1sccc1Cl. The molecule has 1 aromatic rings. The second-order valence-corrected chi connectivity index (χ2v) is 5.31. The van der Waals surface area contributed by atoms with E-state index in [2.05, 4.69) is 5.32 Å². The molecule has 16 heavy (non-hydrogen) atoms. The number of carbonyl (C=O) groups is 1. The van der Waals surface area contributed by atoms with Gasteiger partial charge < -0.3 is 5.32 Å². The topological polar surface area (TPSA) is 29.1 Å². The average Bonchev–Trinajstić information content (AvgIpc) is 2.72. The largest absolute Gasteiger partial charge is 0.343 e. The molecule has 0 aromatic carbocycles. The van der Waals surface area contributed by atoms with Crippen molar-refractivity contribution in [2.24, 2.45) is 0 Å². The smallest absolute Gasteiger partial charge is 0.263 e. The van der Waals surface area contributed by atoms with Crippen LogP contribution in [0.4, 0.5) is 0 Å². The van der Waals surface area contributed by atoms with Crippen LogP contribution < -0.4 is 5.32 Å². The Balaban J connectivity index is 2.81. The molecule has 0 bridgehead atoms. The summed E-state index contributed by atoms with van der Waals surface area (Å²) in [6, 6.07) is 1.69. The standard InChI is InChI=1S/C10H12Cl3NOS/c1-2-10(5-11,6-12)14-9(15)8-7(13)3-4-16-8/h3-4H,2,5-6H2,1H3,(H,14,15). The number of halogens is 3. The number of nitrogens with one attached hydrogen (secondary N) is 1. The monoisotopic (exact) mass is 299 g/mol. The molecule has 1 amide bonds. The molecule has 0 fully saturated rings. The molecule has 1 heterocycles. The molecule has 0 aliphatic heterocycles. The third-order valence-corrected chi connectivity index (χ3v) is 4.75. The second-order valence-electron chi connectivity index (χ2n) is 3.45. The molecule has 1 rings (SSSR count). The van der Waals surface area contributed by atoms with Gasteiger partial charge in [-0.25, -0.2) is 0 Å².